The van der Waals surface area contributed by atoms with Gasteiger partial charge in [-0.2, -0.15) is 5.26 Å². The van der Waals surface area contributed by atoms with E-state index in [1.54, 1.807) is 12.1 Å². The fourth-order valence-electron chi connectivity index (χ4n) is 4.43. The van der Waals surface area contributed by atoms with E-state index in [0.717, 1.165) is 37.9 Å². The van der Waals surface area contributed by atoms with Gasteiger partial charge in [0.05, 0.1) is 11.6 Å². The number of nitrogens with one attached hydrogen (secondary N) is 1. The topological polar surface area (TPSA) is 51.4 Å². The fourth-order valence-corrected chi connectivity index (χ4v) is 5.46. The molecular weight excluding hydrogens is 436 g/mol. The van der Waals surface area contributed by atoms with Gasteiger partial charge in [-0.1, -0.05) is 53.7 Å². The van der Waals surface area contributed by atoms with E-state index in [4.69, 9.17) is 11.6 Å². The Bertz CT molecular complexity index is 1100. The molecule has 4 nitrogen and oxygen atoms in total. The molecule has 0 saturated carbocycles. The fraction of sp³-hybridized carbons (Fsp3) is 0.308. The van der Waals surface area contributed by atoms with Crippen LogP contribution in [0.1, 0.15) is 41.1 Å². The van der Waals surface area contributed by atoms with Crippen molar-refractivity contribution in [1.29, 1.82) is 5.26 Å². The Balaban J connectivity index is 1.51. The van der Waals surface area contributed by atoms with Crippen LogP contribution in [-0.4, -0.2) is 37.6 Å². The quantitative estimate of drug-likeness (QED) is 0.315. The number of rotatable bonds is 7. The minimum absolute atomic E-state index is 0.357. The molecule has 2 aromatic carbocycles. The highest BCUT2D eigenvalue weighted by Gasteiger charge is 2.27. The van der Waals surface area contributed by atoms with Crippen LogP contribution in [0.25, 0.3) is 11.3 Å². The van der Waals surface area contributed by atoms with E-state index < -0.39 is 0 Å². The van der Waals surface area contributed by atoms with Gasteiger partial charge in [0, 0.05) is 23.2 Å². The van der Waals surface area contributed by atoms with Gasteiger partial charge >= 0.3 is 0 Å². The first kappa shape index (κ1) is 22.8. The van der Waals surface area contributed by atoms with Crippen molar-refractivity contribution in [3.8, 4) is 6.07 Å². The summed E-state index contributed by atoms with van der Waals surface area (Å²) in [5.41, 5.74) is 7.10. The highest BCUT2D eigenvalue weighted by Crippen LogP contribution is 2.39. The van der Waals surface area contributed by atoms with Gasteiger partial charge in [-0.3, -0.25) is 9.89 Å². The molecule has 2 aromatic rings. The largest absolute Gasteiger partial charge is 0.313 e. The molecule has 0 amide bonds. The van der Waals surface area contributed by atoms with Crippen molar-refractivity contribution in [2.24, 2.45) is 4.99 Å². The Morgan fingerprint density at radius 1 is 1.28 bits per heavy atom. The van der Waals surface area contributed by atoms with Crippen LogP contribution in [0.2, 0.25) is 5.02 Å². The molecule has 1 N–H and O–H groups in total. The van der Waals surface area contributed by atoms with Crippen LogP contribution >= 0.6 is 23.4 Å². The SMILES string of the molecule is C=N/C(=C(/C#N)SCN(C)C1CCc2ccc(C3=CCNCC3)cc21)c1ccc(Cl)cc1. The molecule has 1 atom stereocenters. The Morgan fingerprint density at radius 2 is 2.09 bits per heavy atom. The first-order chi connectivity index (χ1) is 15.6. The highest BCUT2D eigenvalue weighted by molar-refractivity contribution is 8.03. The molecule has 6 heteroatoms. The third kappa shape index (κ3) is 5.00. The predicted molar refractivity (Wildman–Crippen MR) is 137 cm³/mol. The van der Waals surface area contributed by atoms with Crippen LogP contribution in [0.5, 0.6) is 0 Å². The molecule has 32 heavy (non-hydrogen) atoms. The Hall–Kier alpha value is -2.36. The summed E-state index contributed by atoms with van der Waals surface area (Å²) in [5, 5.41) is 13.8. The van der Waals surface area contributed by atoms with Crippen LogP contribution in [0, 0.1) is 11.3 Å². The Labute approximate surface area is 199 Å². The molecule has 1 heterocycles. The molecule has 4 rings (SSSR count). The minimum Gasteiger partial charge on any atom is -0.313 e. The van der Waals surface area contributed by atoms with E-state index in [2.05, 4.69) is 59.3 Å². The first-order valence-corrected chi connectivity index (χ1v) is 12.2. The number of hydrogen-bond donors (Lipinski definition) is 1. The van der Waals surface area contributed by atoms with Crippen molar-refractivity contribution >= 4 is 41.4 Å². The molecule has 0 spiro atoms. The van der Waals surface area contributed by atoms with Crippen LogP contribution in [-0.2, 0) is 6.42 Å². The number of allylic oxidation sites excluding steroid dienone is 1. The predicted octanol–water partition coefficient (Wildman–Crippen LogP) is 5.92. The van der Waals surface area contributed by atoms with Gasteiger partial charge in [0.25, 0.3) is 0 Å². The average molecular weight is 463 g/mol. The second kappa shape index (κ2) is 10.5. The van der Waals surface area contributed by atoms with Crippen LogP contribution in [0.4, 0.5) is 0 Å². The number of hydrogen-bond acceptors (Lipinski definition) is 5. The van der Waals surface area contributed by atoms with Gasteiger partial charge in [0.15, 0.2) is 0 Å². The first-order valence-electron chi connectivity index (χ1n) is 10.8. The van der Waals surface area contributed by atoms with E-state index in [1.165, 1.54) is 34.0 Å². The number of thioether (sulfide) groups is 1. The maximum atomic E-state index is 9.79. The molecule has 0 aromatic heterocycles. The summed E-state index contributed by atoms with van der Waals surface area (Å²) >= 11 is 7.52. The van der Waals surface area contributed by atoms with Gasteiger partial charge in [0.2, 0.25) is 0 Å². The van der Waals surface area contributed by atoms with E-state index >= 15 is 0 Å². The zero-order chi connectivity index (χ0) is 22.5. The molecule has 1 aliphatic heterocycles. The van der Waals surface area contributed by atoms with Crippen LogP contribution < -0.4 is 5.32 Å². The molecule has 0 radical (unpaired) electrons. The lowest BCUT2D eigenvalue weighted by Gasteiger charge is -2.25. The maximum absolute atomic E-state index is 9.79. The van der Waals surface area contributed by atoms with Crippen molar-refractivity contribution in [2.75, 3.05) is 26.0 Å². The van der Waals surface area contributed by atoms with Crippen LogP contribution in [0.3, 0.4) is 0 Å². The number of aryl methyl sites for hydroxylation is 1. The molecule has 1 aliphatic carbocycles. The van der Waals surface area contributed by atoms with Crippen molar-refractivity contribution in [3.05, 3.63) is 80.7 Å². The minimum atomic E-state index is 0.357. The Morgan fingerprint density at radius 3 is 2.78 bits per heavy atom. The third-order valence-electron chi connectivity index (χ3n) is 6.16. The van der Waals surface area contributed by atoms with Crippen molar-refractivity contribution in [3.63, 3.8) is 0 Å². The summed E-state index contributed by atoms with van der Waals surface area (Å²) in [6.45, 7) is 5.68. The smallest absolute Gasteiger partial charge is 0.112 e. The van der Waals surface area contributed by atoms with Gasteiger partial charge < -0.3 is 5.32 Å². The Kier molecular flexibility index (Phi) is 7.49. The molecule has 0 fully saturated rings. The third-order valence-corrected chi connectivity index (χ3v) is 7.53. The van der Waals surface area contributed by atoms with E-state index in [1.807, 2.05) is 12.1 Å². The number of nitrogens with zero attached hydrogens (tertiary/aromatic N) is 3. The van der Waals surface area contributed by atoms with Crippen molar-refractivity contribution in [1.82, 2.24) is 10.2 Å². The van der Waals surface area contributed by atoms with Crippen molar-refractivity contribution in [2.45, 2.75) is 25.3 Å². The average Bonchev–Trinajstić information content (AvgIpc) is 3.26. The standard InChI is InChI=1S/C26H27ClN4S/c1-29-26(20-5-8-22(27)9-6-20)25(16-28)32-17-31(2)24-10-7-19-3-4-21(15-23(19)24)18-11-13-30-14-12-18/h3-6,8-9,11,15,24,30H,1,7,10,12-14,17H2,2H3/b26-25-. The van der Waals surface area contributed by atoms with Gasteiger partial charge in [-0.05, 0) is 80.0 Å². The molecule has 1 unspecified atom stereocenters. The summed E-state index contributed by atoms with van der Waals surface area (Å²) in [4.78, 5) is 7.06. The van der Waals surface area contributed by atoms with Gasteiger partial charge in [-0.25, -0.2) is 0 Å². The van der Waals surface area contributed by atoms with Crippen molar-refractivity contribution < 1.29 is 0 Å². The van der Waals surface area contributed by atoms with E-state index in [9.17, 15) is 5.26 Å². The molecule has 0 bridgehead atoms. The summed E-state index contributed by atoms with van der Waals surface area (Å²) in [6.07, 6.45) is 5.58. The molecule has 0 saturated heterocycles. The number of nitriles is 1. The maximum Gasteiger partial charge on any atom is 0.112 e. The summed E-state index contributed by atoms with van der Waals surface area (Å²) in [7, 11) is 2.14. The lowest BCUT2D eigenvalue weighted by atomic mass is 9.96. The summed E-state index contributed by atoms with van der Waals surface area (Å²) in [5.74, 6) is 0.705. The summed E-state index contributed by atoms with van der Waals surface area (Å²) < 4.78 is 0. The lowest BCUT2D eigenvalue weighted by molar-refractivity contribution is 0.287. The second-order valence-electron chi connectivity index (χ2n) is 8.14. The second-order valence-corrected chi connectivity index (χ2v) is 9.53. The van der Waals surface area contributed by atoms with E-state index in [0.29, 0.717) is 27.5 Å². The monoisotopic (exact) mass is 462 g/mol. The van der Waals surface area contributed by atoms with Crippen LogP contribution in [0.15, 0.2) is 58.4 Å². The molecule has 2 aliphatic rings. The zero-order valence-corrected chi connectivity index (χ0v) is 19.8. The molecular formula is C26H27ClN4S. The molecule has 164 valence electrons. The number of benzene rings is 2. The number of halogens is 1. The number of aliphatic imine (C=N–C) groups is 1. The van der Waals surface area contributed by atoms with Gasteiger partial charge in [-0.15, -0.1) is 0 Å². The zero-order valence-electron chi connectivity index (χ0n) is 18.3. The van der Waals surface area contributed by atoms with Gasteiger partial charge in [0.1, 0.15) is 11.0 Å². The van der Waals surface area contributed by atoms with E-state index in [-0.39, 0.29) is 0 Å². The lowest BCUT2D eigenvalue weighted by Crippen LogP contribution is -2.23. The highest BCUT2D eigenvalue weighted by atomic mass is 35.5. The summed E-state index contributed by atoms with van der Waals surface area (Å²) in [6, 6.07) is 17.0. The number of fused-ring (bicyclic) bond motifs is 1. The normalized spacial score (nSPS) is 18.6.